The first kappa shape index (κ1) is 12.2. The summed E-state index contributed by atoms with van der Waals surface area (Å²) in [6, 6.07) is 5.91. The van der Waals surface area contributed by atoms with Crippen molar-refractivity contribution in [2.45, 2.75) is 25.8 Å². The number of aromatic nitrogens is 1. The van der Waals surface area contributed by atoms with Gasteiger partial charge in [-0.15, -0.1) is 0 Å². The highest BCUT2D eigenvalue weighted by atomic mass is 32.1. The minimum Gasteiger partial charge on any atom is -0.494 e. The number of benzene rings is 1. The minimum atomic E-state index is -0.174. The van der Waals surface area contributed by atoms with Crippen molar-refractivity contribution in [3.8, 4) is 5.75 Å². The molecule has 0 atom stereocenters. The highest BCUT2D eigenvalue weighted by Crippen LogP contribution is 2.29. The van der Waals surface area contributed by atoms with Gasteiger partial charge >= 0.3 is 6.03 Å². The molecule has 0 bridgehead atoms. The topological polar surface area (TPSA) is 63.2 Å². The van der Waals surface area contributed by atoms with Crippen molar-refractivity contribution in [2.75, 3.05) is 11.9 Å². The van der Waals surface area contributed by atoms with Gasteiger partial charge in [0.1, 0.15) is 5.75 Å². The maximum atomic E-state index is 11.6. The van der Waals surface area contributed by atoms with E-state index in [1.807, 2.05) is 25.1 Å². The molecule has 3 rings (SSSR count). The molecule has 100 valence electrons. The molecule has 2 N–H and O–H groups in total. The van der Waals surface area contributed by atoms with Crippen LogP contribution in [-0.2, 0) is 0 Å². The normalized spacial score (nSPS) is 14.4. The van der Waals surface area contributed by atoms with E-state index in [-0.39, 0.29) is 6.03 Å². The molecule has 2 amide bonds. The van der Waals surface area contributed by atoms with E-state index in [2.05, 4.69) is 15.6 Å². The lowest BCUT2D eigenvalue weighted by Gasteiger charge is -2.01. The molecule has 19 heavy (non-hydrogen) atoms. The minimum absolute atomic E-state index is 0.174. The lowest BCUT2D eigenvalue weighted by molar-refractivity contribution is 0.251. The Morgan fingerprint density at radius 3 is 3.11 bits per heavy atom. The Labute approximate surface area is 115 Å². The van der Waals surface area contributed by atoms with Crippen LogP contribution >= 0.6 is 11.3 Å². The third-order valence-electron chi connectivity index (χ3n) is 2.80. The number of carbonyl (C=O) groups excluding carboxylic acids is 1. The zero-order valence-corrected chi connectivity index (χ0v) is 11.4. The summed E-state index contributed by atoms with van der Waals surface area (Å²) in [5.41, 5.74) is 0.871. The number of amides is 2. The summed E-state index contributed by atoms with van der Waals surface area (Å²) >= 11 is 1.45. The third kappa shape index (κ3) is 2.96. The first-order chi connectivity index (χ1) is 9.24. The molecule has 0 saturated heterocycles. The summed E-state index contributed by atoms with van der Waals surface area (Å²) in [5.74, 6) is 0.827. The highest BCUT2D eigenvalue weighted by molar-refractivity contribution is 7.22. The monoisotopic (exact) mass is 277 g/mol. The fourth-order valence-corrected chi connectivity index (χ4v) is 2.65. The van der Waals surface area contributed by atoms with Crippen LogP contribution in [0.4, 0.5) is 9.93 Å². The number of nitrogens with zero attached hydrogens (tertiary/aromatic N) is 1. The number of anilines is 1. The van der Waals surface area contributed by atoms with Crippen molar-refractivity contribution >= 4 is 32.7 Å². The molecule has 1 aromatic carbocycles. The van der Waals surface area contributed by atoms with Crippen molar-refractivity contribution in [3.63, 3.8) is 0 Å². The van der Waals surface area contributed by atoms with Crippen LogP contribution in [0.1, 0.15) is 19.8 Å². The smallest absolute Gasteiger partial charge is 0.321 e. The SMILES string of the molecule is CCOc1ccc2nc(NC(=O)NC3CC3)sc2c1. The number of urea groups is 1. The Hall–Kier alpha value is -1.82. The molecule has 0 radical (unpaired) electrons. The Morgan fingerprint density at radius 2 is 2.37 bits per heavy atom. The van der Waals surface area contributed by atoms with Crippen molar-refractivity contribution in [3.05, 3.63) is 18.2 Å². The van der Waals surface area contributed by atoms with E-state index in [1.54, 1.807) is 0 Å². The molecule has 0 spiro atoms. The summed E-state index contributed by atoms with van der Waals surface area (Å²) in [6.07, 6.45) is 2.15. The molecule has 1 fully saturated rings. The molecule has 0 unspecified atom stereocenters. The second-order valence-corrected chi connectivity index (χ2v) is 5.48. The number of rotatable bonds is 4. The lowest BCUT2D eigenvalue weighted by atomic mass is 10.3. The summed E-state index contributed by atoms with van der Waals surface area (Å²) in [6.45, 7) is 2.59. The fourth-order valence-electron chi connectivity index (χ4n) is 1.76. The standard InChI is InChI=1S/C13H15N3O2S/c1-2-18-9-5-6-10-11(7-9)19-13(15-10)16-12(17)14-8-3-4-8/h5-8H,2-4H2,1H3,(H2,14,15,16,17). The van der Waals surface area contributed by atoms with E-state index >= 15 is 0 Å². The van der Waals surface area contributed by atoms with Gasteiger partial charge in [-0.2, -0.15) is 0 Å². The second-order valence-electron chi connectivity index (χ2n) is 4.45. The largest absolute Gasteiger partial charge is 0.494 e. The van der Waals surface area contributed by atoms with Crippen LogP contribution in [0.5, 0.6) is 5.75 Å². The Balaban J connectivity index is 1.74. The van der Waals surface area contributed by atoms with Gasteiger partial charge in [0.2, 0.25) is 0 Å². The number of fused-ring (bicyclic) bond motifs is 1. The van der Waals surface area contributed by atoms with E-state index < -0.39 is 0 Å². The number of hydrogen-bond donors (Lipinski definition) is 2. The zero-order chi connectivity index (χ0) is 13.2. The molecule has 1 aromatic heterocycles. The van der Waals surface area contributed by atoms with Gasteiger partial charge in [-0.25, -0.2) is 9.78 Å². The van der Waals surface area contributed by atoms with Crippen molar-refractivity contribution in [2.24, 2.45) is 0 Å². The third-order valence-corrected chi connectivity index (χ3v) is 3.74. The second kappa shape index (κ2) is 5.05. The molecule has 2 aromatic rings. The number of hydrogen-bond acceptors (Lipinski definition) is 4. The molecule has 5 nitrogen and oxygen atoms in total. The van der Waals surface area contributed by atoms with Crippen molar-refractivity contribution in [1.29, 1.82) is 0 Å². The molecular formula is C13H15N3O2S. The fraction of sp³-hybridized carbons (Fsp3) is 0.385. The summed E-state index contributed by atoms with van der Waals surface area (Å²) in [4.78, 5) is 16.0. The molecule has 1 saturated carbocycles. The molecule has 1 heterocycles. The molecule has 6 heteroatoms. The lowest BCUT2D eigenvalue weighted by Crippen LogP contribution is -2.30. The van der Waals surface area contributed by atoms with E-state index in [4.69, 9.17) is 4.74 Å². The molecule has 0 aliphatic heterocycles. The van der Waals surface area contributed by atoms with Crippen molar-refractivity contribution in [1.82, 2.24) is 10.3 Å². The van der Waals surface area contributed by atoms with Gasteiger partial charge in [-0.1, -0.05) is 11.3 Å². The van der Waals surface area contributed by atoms with Crippen LogP contribution in [0, 0.1) is 0 Å². The number of thiazole rings is 1. The maximum Gasteiger partial charge on any atom is 0.321 e. The van der Waals surface area contributed by atoms with Crippen LogP contribution in [-0.4, -0.2) is 23.7 Å². The van der Waals surface area contributed by atoms with Gasteiger partial charge < -0.3 is 10.1 Å². The van der Waals surface area contributed by atoms with E-state index in [0.29, 0.717) is 17.8 Å². The van der Waals surface area contributed by atoms with Crippen LogP contribution in [0.15, 0.2) is 18.2 Å². The maximum absolute atomic E-state index is 11.6. The Bertz CT molecular complexity index is 607. The van der Waals surface area contributed by atoms with Crippen LogP contribution in [0.2, 0.25) is 0 Å². The quantitative estimate of drug-likeness (QED) is 0.903. The zero-order valence-electron chi connectivity index (χ0n) is 10.6. The van der Waals surface area contributed by atoms with Gasteiger partial charge in [-0.05, 0) is 38.0 Å². The molecule has 1 aliphatic carbocycles. The number of ether oxygens (including phenoxy) is 1. The Morgan fingerprint density at radius 1 is 1.53 bits per heavy atom. The number of nitrogens with one attached hydrogen (secondary N) is 2. The average molecular weight is 277 g/mol. The first-order valence-corrected chi connectivity index (χ1v) is 7.17. The summed E-state index contributed by atoms with van der Waals surface area (Å²) < 4.78 is 6.45. The Kier molecular flexibility index (Phi) is 3.25. The predicted molar refractivity (Wildman–Crippen MR) is 76.0 cm³/mol. The van der Waals surface area contributed by atoms with Gasteiger partial charge in [0.25, 0.3) is 0 Å². The van der Waals surface area contributed by atoms with Gasteiger partial charge in [0.15, 0.2) is 5.13 Å². The number of carbonyl (C=O) groups is 1. The van der Waals surface area contributed by atoms with E-state index in [9.17, 15) is 4.79 Å². The van der Waals surface area contributed by atoms with Gasteiger partial charge in [0, 0.05) is 6.04 Å². The predicted octanol–water partition coefficient (Wildman–Crippen LogP) is 2.98. The first-order valence-electron chi connectivity index (χ1n) is 6.35. The molecular weight excluding hydrogens is 262 g/mol. The molecule has 1 aliphatic rings. The summed E-state index contributed by atoms with van der Waals surface area (Å²) in [7, 11) is 0. The van der Waals surface area contributed by atoms with Crippen LogP contribution in [0.3, 0.4) is 0 Å². The van der Waals surface area contributed by atoms with E-state index in [0.717, 1.165) is 28.8 Å². The van der Waals surface area contributed by atoms with Crippen LogP contribution in [0.25, 0.3) is 10.2 Å². The van der Waals surface area contributed by atoms with Crippen molar-refractivity contribution < 1.29 is 9.53 Å². The van der Waals surface area contributed by atoms with Crippen LogP contribution < -0.4 is 15.4 Å². The summed E-state index contributed by atoms with van der Waals surface area (Å²) in [5, 5.41) is 6.25. The van der Waals surface area contributed by atoms with Gasteiger partial charge in [-0.3, -0.25) is 5.32 Å². The highest BCUT2D eigenvalue weighted by Gasteiger charge is 2.23. The van der Waals surface area contributed by atoms with E-state index in [1.165, 1.54) is 11.3 Å². The van der Waals surface area contributed by atoms with Gasteiger partial charge in [0.05, 0.1) is 16.8 Å². The average Bonchev–Trinajstić information content (AvgIpc) is 3.07.